The van der Waals surface area contributed by atoms with Crippen LogP contribution in [0.1, 0.15) is 70.2 Å². The van der Waals surface area contributed by atoms with E-state index in [1.165, 1.54) is 12.8 Å². The molecule has 1 aromatic rings. The number of nitrogens with zero attached hydrogens (tertiary/aromatic N) is 2. The first-order valence-electron chi connectivity index (χ1n) is 7.13. The van der Waals surface area contributed by atoms with E-state index in [2.05, 4.69) is 30.9 Å². The molecule has 1 aliphatic rings. The van der Waals surface area contributed by atoms with Gasteiger partial charge < -0.3 is 15.4 Å². The SMILES string of the molecule is CC(C)(C)C1CCC(c2noc([C@@H](O)CN)n2)CC1. The van der Waals surface area contributed by atoms with Gasteiger partial charge in [-0.2, -0.15) is 4.98 Å². The zero-order chi connectivity index (χ0) is 14.0. The van der Waals surface area contributed by atoms with Crippen molar-refractivity contribution in [3.05, 3.63) is 11.7 Å². The molecule has 1 aromatic heterocycles. The van der Waals surface area contributed by atoms with E-state index in [4.69, 9.17) is 10.3 Å². The monoisotopic (exact) mass is 267 g/mol. The molecule has 0 spiro atoms. The molecule has 0 aliphatic heterocycles. The van der Waals surface area contributed by atoms with Gasteiger partial charge in [0.2, 0.25) is 0 Å². The molecule has 0 radical (unpaired) electrons. The van der Waals surface area contributed by atoms with Crippen molar-refractivity contribution < 1.29 is 9.63 Å². The fourth-order valence-electron chi connectivity index (χ4n) is 2.87. The second-order valence-corrected chi connectivity index (χ2v) is 6.66. The third-order valence-electron chi connectivity index (χ3n) is 4.28. The Balaban J connectivity index is 1.96. The Kier molecular flexibility index (Phi) is 4.26. The number of hydrogen-bond donors (Lipinski definition) is 2. The fourth-order valence-corrected chi connectivity index (χ4v) is 2.87. The second kappa shape index (κ2) is 5.59. The normalized spacial score (nSPS) is 26.4. The largest absolute Gasteiger partial charge is 0.382 e. The number of aliphatic hydroxyl groups is 1. The van der Waals surface area contributed by atoms with Crippen molar-refractivity contribution in [2.45, 2.75) is 58.5 Å². The molecule has 1 fully saturated rings. The van der Waals surface area contributed by atoms with Gasteiger partial charge in [-0.15, -0.1) is 0 Å². The zero-order valence-corrected chi connectivity index (χ0v) is 12.1. The molecule has 1 atom stereocenters. The van der Waals surface area contributed by atoms with Crippen LogP contribution in [0.3, 0.4) is 0 Å². The van der Waals surface area contributed by atoms with Crippen molar-refractivity contribution in [2.75, 3.05) is 6.54 Å². The molecular weight excluding hydrogens is 242 g/mol. The molecule has 3 N–H and O–H groups in total. The summed E-state index contributed by atoms with van der Waals surface area (Å²) in [6.07, 6.45) is 3.76. The zero-order valence-electron chi connectivity index (χ0n) is 12.1. The molecule has 0 bridgehead atoms. The van der Waals surface area contributed by atoms with Crippen molar-refractivity contribution in [1.29, 1.82) is 0 Å². The van der Waals surface area contributed by atoms with Gasteiger partial charge in [-0.25, -0.2) is 0 Å². The van der Waals surface area contributed by atoms with E-state index >= 15 is 0 Å². The lowest BCUT2D eigenvalue weighted by Gasteiger charge is -2.36. The van der Waals surface area contributed by atoms with Gasteiger partial charge in [-0.05, 0) is 37.0 Å². The third kappa shape index (κ3) is 3.34. The first-order chi connectivity index (χ1) is 8.91. The topological polar surface area (TPSA) is 85.2 Å². The molecule has 0 unspecified atom stereocenters. The quantitative estimate of drug-likeness (QED) is 0.878. The third-order valence-corrected chi connectivity index (χ3v) is 4.28. The van der Waals surface area contributed by atoms with E-state index in [1.54, 1.807) is 0 Å². The van der Waals surface area contributed by atoms with E-state index in [-0.39, 0.29) is 12.4 Å². The second-order valence-electron chi connectivity index (χ2n) is 6.66. The number of nitrogens with two attached hydrogens (primary N) is 1. The summed E-state index contributed by atoms with van der Waals surface area (Å²) in [7, 11) is 0. The van der Waals surface area contributed by atoms with Gasteiger partial charge in [0.05, 0.1) is 0 Å². The summed E-state index contributed by atoms with van der Waals surface area (Å²) in [5.74, 6) is 2.11. The lowest BCUT2D eigenvalue weighted by molar-refractivity contribution is 0.141. The number of rotatable bonds is 3. The van der Waals surface area contributed by atoms with Crippen LogP contribution in [-0.4, -0.2) is 21.8 Å². The van der Waals surface area contributed by atoms with Crippen molar-refractivity contribution in [1.82, 2.24) is 10.1 Å². The van der Waals surface area contributed by atoms with Crippen LogP contribution in [0.25, 0.3) is 0 Å². The summed E-state index contributed by atoms with van der Waals surface area (Å²) in [6.45, 7) is 7.03. The van der Waals surface area contributed by atoms with Crippen LogP contribution in [-0.2, 0) is 0 Å². The highest BCUT2D eigenvalue weighted by Gasteiger charge is 2.32. The molecule has 0 aromatic carbocycles. The van der Waals surface area contributed by atoms with Crippen LogP contribution >= 0.6 is 0 Å². The van der Waals surface area contributed by atoms with E-state index in [0.717, 1.165) is 24.6 Å². The van der Waals surface area contributed by atoms with Gasteiger partial charge in [0.15, 0.2) is 5.82 Å². The molecule has 1 saturated carbocycles. The van der Waals surface area contributed by atoms with E-state index in [1.807, 2.05) is 0 Å². The summed E-state index contributed by atoms with van der Waals surface area (Å²) in [5.41, 5.74) is 5.76. The average Bonchev–Trinajstić information content (AvgIpc) is 2.86. The van der Waals surface area contributed by atoms with E-state index < -0.39 is 6.10 Å². The van der Waals surface area contributed by atoms with Crippen LogP contribution < -0.4 is 5.73 Å². The van der Waals surface area contributed by atoms with Crippen LogP contribution in [0, 0.1) is 11.3 Å². The highest BCUT2D eigenvalue weighted by atomic mass is 16.5. The maximum Gasteiger partial charge on any atom is 0.256 e. The molecule has 0 saturated heterocycles. The fraction of sp³-hybridized carbons (Fsp3) is 0.857. The maximum absolute atomic E-state index is 9.57. The van der Waals surface area contributed by atoms with E-state index in [0.29, 0.717) is 11.3 Å². The maximum atomic E-state index is 9.57. The minimum atomic E-state index is -0.841. The summed E-state index contributed by atoms with van der Waals surface area (Å²) in [5, 5.41) is 13.6. The first kappa shape index (κ1) is 14.5. The Morgan fingerprint density at radius 2 is 1.95 bits per heavy atom. The minimum Gasteiger partial charge on any atom is -0.382 e. The molecule has 1 aliphatic carbocycles. The van der Waals surface area contributed by atoms with Gasteiger partial charge in [0.1, 0.15) is 6.10 Å². The molecule has 108 valence electrons. The average molecular weight is 267 g/mol. The molecule has 5 nitrogen and oxygen atoms in total. The Morgan fingerprint density at radius 3 is 2.47 bits per heavy atom. The van der Waals surface area contributed by atoms with Crippen molar-refractivity contribution in [3.8, 4) is 0 Å². The highest BCUT2D eigenvalue weighted by Crippen LogP contribution is 2.42. The number of hydrogen-bond acceptors (Lipinski definition) is 5. The van der Waals surface area contributed by atoms with Crippen LogP contribution in [0.2, 0.25) is 0 Å². The Morgan fingerprint density at radius 1 is 1.32 bits per heavy atom. The molecule has 1 heterocycles. The molecule has 0 amide bonds. The summed E-state index contributed by atoms with van der Waals surface area (Å²) >= 11 is 0. The smallest absolute Gasteiger partial charge is 0.256 e. The molecule has 19 heavy (non-hydrogen) atoms. The first-order valence-corrected chi connectivity index (χ1v) is 7.13. The highest BCUT2D eigenvalue weighted by molar-refractivity contribution is 5.00. The standard InChI is InChI=1S/C14H25N3O2/c1-14(2,3)10-6-4-9(5-7-10)12-16-13(19-17-12)11(18)8-15/h9-11,18H,4-8,15H2,1-3H3/t9?,10?,11-/m0/s1. The summed E-state index contributed by atoms with van der Waals surface area (Å²) in [6, 6.07) is 0. The van der Waals surface area contributed by atoms with Crippen molar-refractivity contribution in [3.63, 3.8) is 0 Å². The number of aliphatic hydroxyl groups excluding tert-OH is 1. The Bertz CT molecular complexity index is 403. The van der Waals surface area contributed by atoms with Gasteiger partial charge in [-0.3, -0.25) is 0 Å². The molecular formula is C14H25N3O2. The molecule has 2 rings (SSSR count). The van der Waals surface area contributed by atoms with Gasteiger partial charge in [-0.1, -0.05) is 25.9 Å². The predicted octanol–water partition coefficient (Wildman–Crippen LogP) is 2.38. The summed E-state index contributed by atoms with van der Waals surface area (Å²) < 4.78 is 5.07. The molecule has 5 heteroatoms. The minimum absolute atomic E-state index is 0.110. The van der Waals surface area contributed by atoms with Crippen molar-refractivity contribution in [2.24, 2.45) is 17.1 Å². The van der Waals surface area contributed by atoms with Crippen LogP contribution in [0.5, 0.6) is 0 Å². The van der Waals surface area contributed by atoms with Crippen LogP contribution in [0.4, 0.5) is 0 Å². The van der Waals surface area contributed by atoms with Gasteiger partial charge >= 0.3 is 0 Å². The van der Waals surface area contributed by atoms with Crippen molar-refractivity contribution >= 4 is 0 Å². The lowest BCUT2D eigenvalue weighted by atomic mass is 9.70. The predicted molar refractivity (Wildman–Crippen MR) is 72.5 cm³/mol. The lowest BCUT2D eigenvalue weighted by Crippen LogP contribution is -2.25. The summed E-state index contributed by atoms with van der Waals surface area (Å²) in [4.78, 5) is 4.28. The van der Waals surface area contributed by atoms with Crippen LogP contribution in [0.15, 0.2) is 4.52 Å². The van der Waals surface area contributed by atoms with Gasteiger partial charge in [0, 0.05) is 12.5 Å². The van der Waals surface area contributed by atoms with Gasteiger partial charge in [0.25, 0.3) is 5.89 Å². The van der Waals surface area contributed by atoms with E-state index in [9.17, 15) is 5.11 Å². The number of aromatic nitrogens is 2. The Hall–Kier alpha value is -0.940. The Labute approximate surface area is 114 Å².